The minimum absolute atomic E-state index is 0.217. The van der Waals surface area contributed by atoms with E-state index in [0.717, 1.165) is 11.4 Å². The van der Waals surface area contributed by atoms with Gasteiger partial charge < -0.3 is 14.8 Å². The Labute approximate surface area is 163 Å². The summed E-state index contributed by atoms with van der Waals surface area (Å²) < 4.78 is 10.6. The number of benzene rings is 2. The van der Waals surface area contributed by atoms with Gasteiger partial charge >= 0.3 is 0 Å². The van der Waals surface area contributed by atoms with Crippen LogP contribution in [0, 0.1) is 0 Å². The second-order valence-electron chi connectivity index (χ2n) is 5.93. The number of thiazole rings is 1. The molecule has 0 atom stereocenters. The average molecular weight is 382 g/mol. The van der Waals surface area contributed by atoms with Crippen LogP contribution in [-0.2, 0) is 12.8 Å². The van der Waals surface area contributed by atoms with Gasteiger partial charge in [-0.15, -0.1) is 11.3 Å². The number of hydrogen-bond acceptors (Lipinski definition) is 5. The van der Waals surface area contributed by atoms with Crippen molar-refractivity contribution < 1.29 is 14.3 Å². The van der Waals surface area contributed by atoms with E-state index < -0.39 is 0 Å². The molecule has 0 aliphatic carbocycles. The molecule has 3 rings (SSSR count). The molecule has 6 heteroatoms. The first-order valence-corrected chi connectivity index (χ1v) is 9.49. The molecular weight excluding hydrogens is 360 g/mol. The SMILES string of the molecule is COc1cccc(OC)c1C(=O)NCCc1ncc(Cc2ccccc2)s1. The van der Waals surface area contributed by atoms with Crippen LogP contribution in [0.3, 0.4) is 0 Å². The molecule has 0 saturated heterocycles. The molecule has 0 aliphatic heterocycles. The van der Waals surface area contributed by atoms with Gasteiger partial charge in [0.05, 0.1) is 19.2 Å². The molecule has 0 spiro atoms. The van der Waals surface area contributed by atoms with Gasteiger partial charge in [-0.05, 0) is 17.7 Å². The third kappa shape index (κ3) is 4.86. The number of hydrogen-bond donors (Lipinski definition) is 1. The van der Waals surface area contributed by atoms with Crippen LogP contribution in [0.25, 0.3) is 0 Å². The third-order valence-electron chi connectivity index (χ3n) is 4.10. The van der Waals surface area contributed by atoms with E-state index >= 15 is 0 Å². The van der Waals surface area contributed by atoms with E-state index in [0.29, 0.717) is 30.0 Å². The van der Waals surface area contributed by atoms with Crippen molar-refractivity contribution in [3.63, 3.8) is 0 Å². The van der Waals surface area contributed by atoms with E-state index in [1.165, 1.54) is 24.7 Å². The molecule has 1 amide bonds. The fraction of sp³-hybridized carbons (Fsp3) is 0.238. The molecule has 0 aliphatic rings. The highest BCUT2D eigenvalue weighted by Gasteiger charge is 2.17. The van der Waals surface area contributed by atoms with E-state index in [9.17, 15) is 4.79 Å². The van der Waals surface area contributed by atoms with E-state index in [2.05, 4.69) is 22.4 Å². The zero-order chi connectivity index (χ0) is 19.1. The predicted octanol–water partition coefficient (Wildman–Crippen LogP) is 3.72. The summed E-state index contributed by atoms with van der Waals surface area (Å²) in [5.74, 6) is 0.767. The molecule has 0 fully saturated rings. The second-order valence-corrected chi connectivity index (χ2v) is 7.13. The number of methoxy groups -OCH3 is 2. The summed E-state index contributed by atoms with van der Waals surface area (Å²) >= 11 is 1.68. The molecular formula is C21H22N2O3S. The Hall–Kier alpha value is -2.86. The van der Waals surface area contributed by atoms with Crippen molar-refractivity contribution in [1.82, 2.24) is 10.3 Å². The van der Waals surface area contributed by atoms with Crippen molar-refractivity contribution in [2.75, 3.05) is 20.8 Å². The molecule has 3 aromatic rings. The molecule has 0 bridgehead atoms. The fourth-order valence-electron chi connectivity index (χ4n) is 2.79. The number of nitrogens with one attached hydrogen (secondary N) is 1. The van der Waals surface area contributed by atoms with Crippen LogP contribution in [0.4, 0.5) is 0 Å². The van der Waals surface area contributed by atoms with Gasteiger partial charge in [0.15, 0.2) is 0 Å². The molecule has 140 valence electrons. The maximum absolute atomic E-state index is 12.6. The normalized spacial score (nSPS) is 10.4. The molecule has 2 aromatic carbocycles. The lowest BCUT2D eigenvalue weighted by Crippen LogP contribution is -2.26. The van der Waals surface area contributed by atoms with Crippen molar-refractivity contribution in [2.24, 2.45) is 0 Å². The quantitative estimate of drug-likeness (QED) is 0.645. The third-order valence-corrected chi connectivity index (χ3v) is 5.16. The summed E-state index contributed by atoms with van der Waals surface area (Å²) in [6.45, 7) is 0.498. The van der Waals surface area contributed by atoms with Crippen molar-refractivity contribution in [1.29, 1.82) is 0 Å². The predicted molar refractivity (Wildman–Crippen MR) is 107 cm³/mol. The first-order chi connectivity index (χ1) is 13.2. The molecule has 5 nitrogen and oxygen atoms in total. The van der Waals surface area contributed by atoms with E-state index in [-0.39, 0.29) is 5.91 Å². The second kappa shape index (κ2) is 9.19. The van der Waals surface area contributed by atoms with Crippen LogP contribution in [-0.4, -0.2) is 31.7 Å². The minimum Gasteiger partial charge on any atom is -0.496 e. The van der Waals surface area contributed by atoms with E-state index in [1.54, 1.807) is 29.5 Å². The zero-order valence-electron chi connectivity index (χ0n) is 15.4. The average Bonchev–Trinajstić information content (AvgIpc) is 3.15. The van der Waals surface area contributed by atoms with Crippen molar-refractivity contribution in [3.05, 3.63) is 75.7 Å². The van der Waals surface area contributed by atoms with Gasteiger partial charge in [-0.25, -0.2) is 4.98 Å². The monoisotopic (exact) mass is 382 g/mol. The Morgan fingerprint density at radius 1 is 1.04 bits per heavy atom. The summed E-state index contributed by atoms with van der Waals surface area (Å²) in [6, 6.07) is 15.6. The topological polar surface area (TPSA) is 60.5 Å². The fourth-order valence-corrected chi connectivity index (χ4v) is 3.75. The van der Waals surface area contributed by atoms with Gasteiger partial charge in [-0.3, -0.25) is 4.79 Å². The van der Waals surface area contributed by atoms with Crippen molar-refractivity contribution in [2.45, 2.75) is 12.8 Å². The number of amides is 1. The van der Waals surface area contributed by atoms with Gasteiger partial charge in [-0.2, -0.15) is 0 Å². The van der Waals surface area contributed by atoms with Gasteiger partial charge in [-0.1, -0.05) is 36.4 Å². The number of rotatable bonds is 8. The Balaban J connectivity index is 1.57. The van der Waals surface area contributed by atoms with Crippen molar-refractivity contribution >= 4 is 17.2 Å². The highest BCUT2D eigenvalue weighted by Crippen LogP contribution is 2.28. The molecule has 1 N–H and O–H groups in total. The standard InChI is InChI=1S/C21H22N2O3S/c1-25-17-9-6-10-18(26-2)20(17)21(24)22-12-11-19-23-14-16(27-19)13-15-7-4-3-5-8-15/h3-10,14H,11-13H2,1-2H3,(H,22,24). The maximum Gasteiger partial charge on any atom is 0.258 e. The first-order valence-electron chi connectivity index (χ1n) is 8.68. The van der Waals surface area contributed by atoms with E-state index in [1.807, 2.05) is 24.4 Å². The smallest absolute Gasteiger partial charge is 0.258 e. The number of carbonyl (C=O) groups is 1. The van der Waals surface area contributed by atoms with Crippen LogP contribution >= 0.6 is 11.3 Å². The Morgan fingerprint density at radius 2 is 1.74 bits per heavy atom. The Bertz CT molecular complexity index is 871. The van der Waals surface area contributed by atoms with E-state index in [4.69, 9.17) is 9.47 Å². The van der Waals surface area contributed by atoms with Crippen LogP contribution in [0.2, 0.25) is 0 Å². The number of aromatic nitrogens is 1. The summed E-state index contributed by atoms with van der Waals surface area (Å²) in [6.07, 6.45) is 3.48. The molecule has 27 heavy (non-hydrogen) atoms. The first kappa shape index (κ1) is 18.9. The summed E-state index contributed by atoms with van der Waals surface area (Å²) in [5.41, 5.74) is 1.68. The summed E-state index contributed by atoms with van der Waals surface area (Å²) in [5, 5.41) is 3.93. The molecule has 0 saturated carbocycles. The number of nitrogens with zero attached hydrogens (tertiary/aromatic N) is 1. The summed E-state index contributed by atoms with van der Waals surface area (Å²) in [7, 11) is 3.07. The largest absolute Gasteiger partial charge is 0.496 e. The lowest BCUT2D eigenvalue weighted by Gasteiger charge is -2.12. The van der Waals surface area contributed by atoms with Crippen molar-refractivity contribution in [3.8, 4) is 11.5 Å². The Morgan fingerprint density at radius 3 is 2.41 bits per heavy atom. The summed E-state index contributed by atoms with van der Waals surface area (Å²) in [4.78, 5) is 18.2. The van der Waals surface area contributed by atoms with Gasteiger partial charge in [0, 0.05) is 30.5 Å². The zero-order valence-corrected chi connectivity index (χ0v) is 16.2. The van der Waals surface area contributed by atoms with Crippen LogP contribution in [0.1, 0.15) is 25.8 Å². The van der Waals surface area contributed by atoms with Crippen LogP contribution in [0.5, 0.6) is 11.5 Å². The van der Waals surface area contributed by atoms with Gasteiger partial charge in [0.25, 0.3) is 5.91 Å². The molecule has 1 aromatic heterocycles. The highest BCUT2D eigenvalue weighted by atomic mass is 32.1. The Kier molecular flexibility index (Phi) is 6.44. The lowest BCUT2D eigenvalue weighted by atomic mass is 10.1. The van der Waals surface area contributed by atoms with Crippen LogP contribution < -0.4 is 14.8 Å². The molecule has 0 radical (unpaired) electrons. The van der Waals surface area contributed by atoms with Gasteiger partial charge in [0.1, 0.15) is 17.1 Å². The highest BCUT2D eigenvalue weighted by molar-refractivity contribution is 7.11. The number of carbonyl (C=O) groups excluding carboxylic acids is 1. The number of ether oxygens (including phenoxy) is 2. The van der Waals surface area contributed by atoms with Gasteiger partial charge in [0.2, 0.25) is 0 Å². The minimum atomic E-state index is -0.217. The maximum atomic E-state index is 12.6. The molecule has 0 unspecified atom stereocenters. The van der Waals surface area contributed by atoms with Crippen LogP contribution in [0.15, 0.2) is 54.7 Å². The lowest BCUT2D eigenvalue weighted by molar-refractivity contribution is 0.0948. The molecule has 1 heterocycles.